The molecule has 0 bridgehead atoms. The Morgan fingerprint density at radius 1 is 0.806 bits per heavy atom. The van der Waals surface area contributed by atoms with E-state index < -0.39 is 0 Å². The van der Waals surface area contributed by atoms with Crippen molar-refractivity contribution in [3.63, 3.8) is 0 Å². The first-order valence-electron chi connectivity index (χ1n) is 12.4. The molecule has 0 spiro atoms. The average molecular weight is 485 g/mol. The van der Waals surface area contributed by atoms with Crippen molar-refractivity contribution in [1.29, 1.82) is 0 Å². The monoisotopic (exact) mass is 484 g/mol. The minimum Gasteiger partial charge on any atom is -0.376 e. The van der Waals surface area contributed by atoms with Gasteiger partial charge in [0.25, 0.3) is 11.8 Å². The van der Waals surface area contributed by atoms with Gasteiger partial charge in [-0.05, 0) is 61.4 Å². The number of nitrogens with one attached hydrogen (secondary N) is 3. The van der Waals surface area contributed by atoms with Crippen LogP contribution in [0.2, 0.25) is 0 Å². The summed E-state index contributed by atoms with van der Waals surface area (Å²) in [5.74, 6) is -0.506. The molecule has 1 fully saturated rings. The molecule has 36 heavy (non-hydrogen) atoms. The molecule has 3 amide bonds. The zero-order chi connectivity index (χ0) is 25.3. The Morgan fingerprint density at radius 3 is 2.22 bits per heavy atom. The van der Waals surface area contributed by atoms with Gasteiger partial charge in [0.15, 0.2) is 0 Å². The van der Waals surface area contributed by atoms with Crippen molar-refractivity contribution in [1.82, 2.24) is 5.32 Å². The Bertz CT molecular complexity index is 1210. The van der Waals surface area contributed by atoms with E-state index in [2.05, 4.69) is 16.0 Å². The molecular weight excluding hydrogens is 452 g/mol. The molecule has 7 nitrogen and oxygen atoms in total. The number of anilines is 3. The molecule has 1 aliphatic rings. The molecule has 0 unspecified atom stereocenters. The van der Waals surface area contributed by atoms with Crippen LogP contribution in [0.3, 0.4) is 0 Å². The SMILES string of the molecule is CN(C(=O)c1cccc(NCC(=O)Nc2cccc(C(=O)NC3CCCCC3)c2)c1)c1ccccc1. The number of hydrogen-bond acceptors (Lipinski definition) is 4. The van der Waals surface area contributed by atoms with Gasteiger partial charge >= 0.3 is 0 Å². The van der Waals surface area contributed by atoms with Crippen molar-refractivity contribution in [3.8, 4) is 0 Å². The first-order chi connectivity index (χ1) is 17.5. The van der Waals surface area contributed by atoms with Crippen LogP contribution in [0.4, 0.5) is 17.1 Å². The van der Waals surface area contributed by atoms with Gasteiger partial charge in [0.05, 0.1) is 6.54 Å². The fourth-order valence-electron chi connectivity index (χ4n) is 4.37. The lowest BCUT2D eigenvalue weighted by Crippen LogP contribution is -2.36. The second-order valence-corrected chi connectivity index (χ2v) is 9.07. The number of para-hydroxylation sites is 1. The van der Waals surface area contributed by atoms with Gasteiger partial charge in [0.1, 0.15) is 0 Å². The van der Waals surface area contributed by atoms with Crippen molar-refractivity contribution in [2.75, 3.05) is 29.1 Å². The van der Waals surface area contributed by atoms with Gasteiger partial charge in [-0.1, -0.05) is 49.6 Å². The Kier molecular flexibility index (Phi) is 8.34. The van der Waals surface area contributed by atoms with Crippen molar-refractivity contribution in [3.05, 3.63) is 90.0 Å². The molecule has 0 radical (unpaired) electrons. The molecule has 3 aromatic carbocycles. The fraction of sp³-hybridized carbons (Fsp3) is 0.276. The fourth-order valence-corrected chi connectivity index (χ4v) is 4.37. The van der Waals surface area contributed by atoms with E-state index in [4.69, 9.17) is 0 Å². The second kappa shape index (κ2) is 12.0. The molecule has 0 aliphatic heterocycles. The molecule has 1 saturated carbocycles. The number of nitrogens with zero attached hydrogens (tertiary/aromatic N) is 1. The summed E-state index contributed by atoms with van der Waals surface area (Å²) in [7, 11) is 1.73. The topological polar surface area (TPSA) is 90.5 Å². The molecule has 0 saturated heterocycles. The van der Waals surface area contributed by atoms with E-state index in [1.165, 1.54) is 6.42 Å². The van der Waals surface area contributed by atoms with E-state index in [-0.39, 0.29) is 30.3 Å². The number of rotatable bonds is 8. The highest BCUT2D eigenvalue weighted by Gasteiger charge is 2.17. The summed E-state index contributed by atoms with van der Waals surface area (Å²) >= 11 is 0. The van der Waals surface area contributed by atoms with Crippen LogP contribution in [0.15, 0.2) is 78.9 Å². The lowest BCUT2D eigenvalue weighted by Gasteiger charge is -2.22. The molecule has 0 heterocycles. The zero-order valence-corrected chi connectivity index (χ0v) is 20.5. The summed E-state index contributed by atoms with van der Waals surface area (Å²) in [6.45, 7) is 0.0185. The normalized spacial score (nSPS) is 13.5. The first kappa shape index (κ1) is 25.0. The Morgan fingerprint density at radius 2 is 1.47 bits per heavy atom. The average Bonchev–Trinajstić information content (AvgIpc) is 2.92. The van der Waals surface area contributed by atoms with Crippen LogP contribution in [0, 0.1) is 0 Å². The van der Waals surface area contributed by atoms with Crippen LogP contribution >= 0.6 is 0 Å². The third-order valence-electron chi connectivity index (χ3n) is 6.36. The summed E-state index contributed by atoms with van der Waals surface area (Å²) < 4.78 is 0. The van der Waals surface area contributed by atoms with Gasteiger partial charge in [-0.2, -0.15) is 0 Å². The molecule has 0 aromatic heterocycles. The van der Waals surface area contributed by atoms with Crippen molar-refractivity contribution in [2.45, 2.75) is 38.1 Å². The lowest BCUT2D eigenvalue weighted by molar-refractivity contribution is -0.114. The quantitative estimate of drug-likeness (QED) is 0.416. The number of carbonyl (C=O) groups is 3. The predicted octanol–water partition coefficient (Wildman–Crippen LogP) is 5.08. The number of benzene rings is 3. The van der Waals surface area contributed by atoms with Crippen LogP contribution < -0.4 is 20.9 Å². The highest BCUT2D eigenvalue weighted by molar-refractivity contribution is 6.06. The maximum absolute atomic E-state index is 12.9. The lowest BCUT2D eigenvalue weighted by atomic mass is 9.95. The predicted molar refractivity (Wildman–Crippen MR) is 144 cm³/mol. The van der Waals surface area contributed by atoms with Crippen LogP contribution in [-0.4, -0.2) is 37.4 Å². The number of hydrogen-bond donors (Lipinski definition) is 3. The Balaban J connectivity index is 1.31. The molecular formula is C29H32N4O3. The third kappa shape index (κ3) is 6.72. The highest BCUT2D eigenvalue weighted by Crippen LogP contribution is 2.19. The summed E-state index contributed by atoms with van der Waals surface area (Å²) in [5.41, 5.74) is 3.07. The van der Waals surface area contributed by atoms with Crippen molar-refractivity contribution >= 4 is 34.8 Å². The molecule has 3 N–H and O–H groups in total. The van der Waals surface area contributed by atoms with E-state index in [9.17, 15) is 14.4 Å². The Labute approximate surface area is 211 Å². The summed E-state index contributed by atoms with van der Waals surface area (Å²) in [6, 6.07) is 23.7. The van der Waals surface area contributed by atoms with Gasteiger partial charge in [0, 0.05) is 41.3 Å². The van der Waals surface area contributed by atoms with E-state index in [1.807, 2.05) is 36.4 Å². The highest BCUT2D eigenvalue weighted by atomic mass is 16.2. The standard InChI is InChI=1S/C29H32N4O3/c1-33(26-16-6-3-7-17-26)29(36)22-11-9-14-24(19-22)30-20-27(34)31-25-15-8-10-21(18-25)28(35)32-23-12-4-2-5-13-23/h3,6-11,14-19,23,30H,2,4-5,12-13,20H2,1H3,(H,31,34)(H,32,35). The number of carbonyl (C=O) groups excluding carboxylic acids is 3. The molecule has 1 aliphatic carbocycles. The smallest absolute Gasteiger partial charge is 0.258 e. The van der Waals surface area contributed by atoms with Gasteiger partial charge < -0.3 is 20.9 Å². The molecule has 4 rings (SSSR count). The van der Waals surface area contributed by atoms with Gasteiger partial charge in [-0.25, -0.2) is 0 Å². The van der Waals surface area contributed by atoms with Crippen molar-refractivity contribution in [2.24, 2.45) is 0 Å². The van der Waals surface area contributed by atoms with Gasteiger partial charge in [-0.15, -0.1) is 0 Å². The third-order valence-corrected chi connectivity index (χ3v) is 6.36. The van der Waals surface area contributed by atoms with Crippen LogP contribution in [0.1, 0.15) is 52.8 Å². The maximum Gasteiger partial charge on any atom is 0.258 e. The van der Waals surface area contributed by atoms with Gasteiger partial charge in [-0.3, -0.25) is 14.4 Å². The van der Waals surface area contributed by atoms with Crippen LogP contribution in [0.25, 0.3) is 0 Å². The minimum atomic E-state index is -0.252. The van der Waals surface area contributed by atoms with Gasteiger partial charge in [0.2, 0.25) is 5.91 Å². The summed E-state index contributed by atoms with van der Waals surface area (Å²) in [4.78, 5) is 39.6. The largest absolute Gasteiger partial charge is 0.376 e. The minimum absolute atomic E-state index is 0.0185. The van der Waals surface area contributed by atoms with Crippen LogP contribution in [0.5, 0.6) is 0 Å². The van der Waals surface area contributed by atoms with Crippen LogP contribution in [-0.2, 0) is 4.79 Å². The van der Waals surface area contributed by atoms with E-state index in [0.29, 0.717) is 22.5 Å². The number of amides is 3. The maximum atomic E-state index is 12.9. The molecule has 3 aromatic rings. The second-order valence-electron chi connectivity index (χ2n) is 9.07. The summed E-state index contributed by atoms with van der Waals surface area (Å²) in [5, 5.41) is 9.00. The molecule has 0 atom stereocenters. The zero-order valence-electron chi connectivity index (χ0n) is 20.5. The van der Waals surface area contributed by atoms with E-state index in [1.54, 1.807) is 54.4 Å². The van der Waals surface area contributed by atoms with Crippen molar-refractivity contribution < 1.29 is 14.4 Å². The summed E-state index contributed by atoms with van der Waals surface area (Å²) in [6.07, 6.45) is 5.56. The molecule has 7 heteroatoms. The van der Waals surface area contributed by atoms with E-state index >= 15 is 0 Å². The molecule has 186 valence electrons. The Hall–Kier alpha value is -4.13. The van der Waals surface area contributed by atoms with E-state index in [0.717, 1.165) is 31.4 Å². The first-order valence-corrected chi connectivity index (χ1v) is 12.4.